The smallest absolute Gasteiger partial charge is 0.407 e. The molecule has 0 aromatic heterocycles. The van der Waals surface area contributed by atoms with Gasteiger partial charge in [-0.05, 0) is 45.2 Å². The van der Waals surface area contributed by atoms with E-state index >= 15 is 0 Å². The molecule has 0 bridgehead atoms. The fourth-order valence-corrected chi connectivity index (χ4v) is 2.99. The van der Waals surface area contributed by atoms with E-state index in [4.69, 9.17) is 4.74 Å². The van der Waals surface area contributed by atoms with E-state index in [-0.39, 0.29) is 18.0 Å². The zero-order chi connectivity index (χ0) is 20.0. The van der Waals surface area contributed by atoms with Crippen molar-refractivity contribution in [2.45, 2.75) is 58.1 Å². The van der Waals surface area contributed by atoms with E-state index in [0.29, 0.717) is 12.8 Å². The predicted molar refractivity (Wildman–Crippen MR) is 96.9 cm³/mol. The van der Waals surface area contributed by atoms with Crippen LogP contribution in [0.2, 0.25) is 0 Å². The molecule has 1 aromatic carbocycles. The Kier molecular flexibility index (Phi) is 6.76. The molecule has 1 fully saturated rings. The van der Waals surface area contributed by atoms with Crippen LogP contribution in [-0.4, -0.2) is 29.6 Å². The van der Waals surface area contributed by atoms with Crippen molar-refractivity contribution >= 4 is 17.9 Å². The van der Waals surface area contributed by atoms with Gasteiger partial charge in [-0.15, -0.1) is 0 Å². The maximum atomic E-state index is 13.6. The summed E-state index contributed by atoms with van der Waals surface area (Å²) in [6.07, 6.45) is 1.27. The summed E-state index contributed by atoms with van der Waals surface area (Å²) in [4.78, 5) is 36.2. The maximum absolute atomic E-state index is 13.6. The first-order chi connectivity index (χ1) is 12.7. The number of halogens is 1. The van der Waals surface area contributed by atoms with Crippen LogP contribution in [0.3, 0.4) is 0 Å². The first-order valence-corrected chi connectivity index (χ1v) is 8.97. The van der Waals surface area contributed by atoms with Gasteiger partial charge in [0.15, 0.2) is 0 Å². The second kappa shape index (κ2) is 8.83. The summed E-state index contributed by atoms with van der Waals surface area (Å²) in [6.45, 7) is 5.28. The minimum absolute atomic E-state index is 0.183. The SMILES string of the molecule is CC(C)(C)OC(=O)N[C@H]1CCC[C@H]1C(=O)NNC(=O)Cc1ccccc1F. The molecule has 3 N–H and O–H groups in total. The number of carbonyl (C=O) groups excluding carboxylic acids is 3. The van der Waals surface area contributed by atoms with Crippen molar-refractivity contribution < 1.29 is 23.5 Å². The fraction of sp³-hybridized carbons (Fsp3) is 0.526. The first-order valence-electron chi connectivity index (χ1n) is 8.97. The number of rotatable bonds is 4. The molecule has 8 heteroatoms. The number of benzene rings is 1. The highest BCUT2D eigenvalue weighted by atomic mass is 19.1. The monoisotopic (exact) mass is 379 g/mol. The van der Waals surface area contributed by atoms with Gasteiger partial charge < -0.3 is 10.1 Å². The van der Waals surface area contributed by atoms with Crippen molar-refractivity contribution in [3.63, 3.8) is 0 Å². The third-order valence-electron chi connectivity index (χ3n) is 4.19. The van der Waals surface area contributed by atoms with E-state index in [1.165, 1.54) is 18.2 Å². The van der Waals surface area contributed by atoms with Gasteiger partial charge in [-0.25, -0.2) is 9.18 Å². The van der Waals surface area contributed by atoms with Gasteiger partial charge in [-0.1, -0.05) is 24.6 Å². The highest BCUT2D eigenvalue weighted by Gasteiger charge is 2.35. The number of nitrogens with one attached hydrogen (secondary N) is 3. The van der Waals surface area contributed by atoms with Crippen molar-refractivity contribution in [3.05, 3.63) is 35.6 Å². The van der Waals surface area contributed by atoms with E-state index in [0.717, 1.165) is 6.42 Å². The molecule has 1 aliphatic rings. The van der Waals surface area contributed by atoms with Crippen molar-refractivity contribution in [1.29, 1.82) is 0 Å². The van der Waals surface area contributed by atoms with Crippen molar-refractivity contribution in [2.24, 2.45) is 5.92 Å². The van der Waals surface area contributed by atoms with Crippen molar-refractivity contribution in [2.75, 3.05) is 0 Å². The molecular weight excluding hydrogens is 353 g/mol. The third-order valence-corrected chi connectivity index (χ3v) is 4.19. The highest BCUT2D eigenvalue weighted by molar-refractivity contribution is 5.85. The van der Waals surface area contributed by atoms with Crippen LogP contribution < -0.4 is 16.2 Å². The molecule has 0 aliphatic heterocycles. The molecule has 27 heavy (non-hydrogen) atoms. The average Bonchev–Trinajstić information content (AvgIpc) is 3.01. The number of amides is 3. The normalized spacial score (nSPS) is 19.3. The lowest BCUT2D eigenvalue weighted by Gasteiger charge is -2.24. The fourth-order valence-electron chi connectivity index (χ4n) is 2.99. The molecule has 1 aromatic rings. The Hall–Kier alpha value is -2.64. The number of alkyl carbamates (subject to hydrolysis) is 1. The van der Waals surface area contributed by atoms with Gasteiger partial charge in [0.05, 0.1) is 12.3 Å². The second-order valence-electron chi connectivity index (χ2n) is 7.60. The molecule has 2 atom stereocenters. The Bertz CT molecular complexity index is 702. The van der Waals surface area contributed by atoms with E-state index in [2.05, 4.69) is 16.2 Å². The van der Waals surface area contributed by atoms with E-state index in [1.54, 1.807) is 26.8 Å². The Morgan fingerprint density at radius 1 is 1.15 bits per heavy atom. The van der Waals surface area contributed by atoms with Gasteiger partial charge in [0.25, 0.3) is 0 Å². The van der Waals surface area contributed by atoms with Crippen LogP contribution in [0.5, 0.6) is 0 Å². The minimum Gasteiger partial charge on any atom is -0.444 e. The summed E-state index contributed by atoms with van der Waals surface area (Å²) < 4.78 is 18.8. The minimum atomic E-state index is -0.624. The summed E-state index contributed by atoms with van der Waals surface area (Å²) in [5.74, 6) is -1.86. The molecule has 2 rings (SSSR count). The molecule has 3 amide bonds. The second-order valence-corrected chi connectivity index (χ2v) is 7.60. The summed E-state index contributed by atoms with van der Waals surface area (Å²) in [5, 5.41) is 2.72. The van der Waals surface area contributed by atoms with E-state index < -0.39 is 35.2 Å². The van der Waals surface area contributed by atoms with Gasteiger partial charge in [0.2, 0.25) is 11.8 Å². The topological polar surface area (TPSA) is 96.5 Å². The van der Waals surface area contributed by atoms with Crippen molar-refractivity contribution in [3.8, 4) is 0 Å². The van der Waals surface area contributed by atoms with Gasteiger partial charge in [0, 0.05) is 6.04 Å². The Labute approximate surface area is 158 Å². The first kappa shape index (κ1) is 20.7. The molecule has 1 aliphatic carbocycles. The molecule has 0 saturated heterocycles. The summed E-state index contributed by atoms with van der Waals surface area (Å²) in [5.41, 5.74) is 4.28. The van der Waals surface area contributed by atoms with E-state index in [9.17, 15) is 18.8 Å². The third kappa shape index (κ3) is 6.54. The molecular formula is C19H26FN3O4. The molecule has 0 unspecified atom stereocenters. The quantitative estimate of drug-likeness (QED) is 0.699. The zero-order valence-corrected chi connectivity index (χ0v) is 15.8. The van der Waals surface area contributed by atoms with Crippen molar-refractivity contribution in [1.82, 2.24) is 16.2 Å². The molecule has 1 saturated carbocycles. The number of hydrogen-bond donors (Lipinski definition) is 3. The average molecular weight is 379 g/mol. The molecule has 0 heterocycles. The van der Waals surface area contributed by atoms with Gasteiger partial charge in [0.1, 0.15) is 11.4 Å². The number of hydrazine groups is 1. The molecule has 7 nitrogen and oxygen atoms in total. The van der Waals surface area contributed by atoms with Gasteiger partial charge in [-0.2, -0.15) is 0 Å². The maximum Gasteiger partial charge on any atom is 0.407 e. The van der Waals surface area contributed by atoms with Crippen LogP contribution in [0.1, 0.15) is 45.6 Å². The van der Waals surface area contributed by atoms with E-state index in [1.807, 2.05) is 0 Å². The Morgan fingerprint density at radius 3 is 2.52 bits per heavy atom. The van der Waals surface area contributed by atoms with Gasteiger partial charge in [-0.3, -0.25) is 20.4 Å². The Morgan fingerprint density at radius 2 is 1.85 bits per heavy atom. The summed E-state index contributed by atoms with van der Waals surface area (Å²) >= 11 is 0. The standard InChI is InChI=1S/C19H26FN3O4/c1-19(2,3)27-18(26)21-15-10-6-8-13(15)17(25)23-22-16(24)11-12-7-4-5-9-14(12)20/h4-5,7,9,13,15H,6,8,10-11H2,1-3H3,(H,21,26)(H,22,24)(H,23,25)/t13-,15+/m1/s1. The van der Waals surface area contributed by atoms with Crippen LogP contribution in [0, 0.1) is 11.7 Å². The van der Waals surface area contributed by atoms with Crippen LogP contribution in [0.4, 0.5) is 9.18 Å². The molecule has 0 radical (unpaired) electrons. The predicted octanol–water partition coefficient (Wildman–Crippen LogP) is 2.21. The highest BCUT2D eigenvalue weighted by Crippen LogP contribution is 2.26. The largest absolute Gasteiger partial charge is 0.444 e. The van der Waals surface area contributed by atoms with Crippen LogP contribution in [0.25, 0.3) is 0 Å². The number of ether oxygens (including phenoxy) is 1. The zero-order valence-electron chi connectivity index (χ0n) is 15.8. The lowest BCUT2D eigenvalue weighted by atomic mass is 10.0. The van der Waals surface area contributed by atoms with Gasteiger partial charge >= 0.3 is 6.09 Å². The van der Waals surface area contributed by atoms with Crippen LogP contribution >= 0.6 is 0 Å². The Balaban J connectivity index is 1.82. The lowest BCUT2D eigenvalue weighted by molar-refractivity contribution is -0.131. The summed E-state index contributed by atoms with van der Waals surface area (Å²) in [7, 11) is 0. The molecule has 0 spiro atoms. The van der Waals surface area contributed by atoms with Crippen LogP contribution in [0.15, 0.2) is 24.3 Å². The molecule has 148 valence electrons. The lowest BCUT2D eigenvalue weighted by Crippen LogP contribution is -2.50. The summed E-state index contributed by atoms with van der Waals surface area (Å²) in [6, 6.07) is 5.59. The number of carbonyl (C=O) groups is 3. The van der Waals surface area contributed by atoms with Crippen LogP contribution in [-0.2, 0) is 20.7 Å². The number of hydrogen-bond acceptors (Lipinski definition) is 4.